The lowest BCUT2D eigenvalue weighted by atomic mass is 9.72. The Morgan fingerprint density at radius 3 is 3.20 bits per heavy atom. The van der Waals surface area contributed by atoms with Gasteiger partial charge in [0.05, 0.1) is 5.92 Å². The molecule has 0 radical (unpaired) electrons. The van der Waals surface area contributed by atoms with Crippen molar-refractivity contribution in [1.82, 2.24) is 0 Å². The summed E-state index contributed by atoms with van der Waals surface area (Å²) in [4.78, 5) is 0. The van der Waals surface area contributed by atoms with Crippen molar-refractivity contribution in [2.45, 2.75) is 50.8 Å². The Bertz CT molecular complexity index is 343. The maximum Gasteiger partial charge on any atom is 0.686 e. The van der Waals surface area contributed by atoms with E-state index >= 15 is 0 Å². The molecule has 3 fully saturated rings. The molecule has 1 saturated carbocycles. The van der Waals surface area contributed by atoms with Crippen LogP contribution in [0.25, 0.3) is 0 Å². The van der Waals surface area contributed by atoms with E-state index in [1.54, 1.807) is 0 Å². The number of hydrogen-bond donors (Lipinski definition) is 0. The standard InChI is InChI=1S/C11H17BNO2/c1-7-8-5-6-14-11(8)12-13(7)9-3-2-4-10(9)15-12/h8-11H,2-6H2,1H3/q+1/t8?,9-,10+,11?/m0/s1. The smallest absolute Gasteiger partial charge is 0.374 e. The lowest BCUT2D eigenvalue weighted by Crippen LogP contribution is -2.37. The lowest BCUT2D eigenvalue weighted by molar-refractivity contribution is -0.425. The normalized spacial score (nSPS) is 47.4. The van der Waals surface area contributed by atoms with Crippen LogP contribution in [0.3, 0.4) is 0 Å². The summed E-state index contributed by atoms with van der Waals surface area (Å²) in [6.45, 7) is 3.21. The molecule has 15 heavy (non-hydrogen) atoms. The summed E-state index contributed by atoms with van der Waals surface area (Å²) in [7, 11) is 0.257. The first-order chi connectivity index (χ1) is 7.36. The van der Waals surface area contributed by atoms with E-state index in [4.69, 9.17) is 9.39 Å². The van der Waals surface area contributed by atoms with Gasteiger partial charge in [0, 0.05) is 20.0 Å². The highest BCUT2D eigenvalue weighted by atomic mass is 16.5. The summed E-state index contributed by atoms with van der Waals surface area (Å²) < 4.78 is 14.6. The second-order valence-electron chi connectivity index (χ2n) is 5.34. The summed E-state index contributed by atoms with van der Waals surface area (Å²) in [6.07, 6.45) is 5.60. The molecule has 3 heterocycles. The minimum absolute atomic E-state index is 0.257. The SMILES string of the molecule is CC1=[N+]2B(O[C@@H]3CCC[C@@H]32)C2OCCC12. The molecule has 0 aromatic carbocycles. The van der Waals surface area contributed by atoms with E-state index in [2.05, 4.69) is 11.4 Å². The first-order valence-electron chi connectivity index (χ1n) is 6.25. The molecule has 0 amide bonds. The topological polar surface area (TPSA) is 21.5 Å². The Hall–Kier alpha value is -0.345. The van der Waals surface area contributed by atoms with Crippen molar-refractivity contribution < 1.29 is 13.9 Å². The van der Waals surface area contributed by atoms with E-state index in [0.29, 0.717) is 24.1 Å². The molecule has 4 atom stereocenters. The molecule has 0 aromatic heterocycles. The fourth-order valence-corrected chi connectivity index (χ4v) is 4.05. The van der Waals surface area contributed by atoms with Crippen LogP contribution in [0.1, 0.15) is 32.6 Å². The second kappa shape index (κ2) is 2.86. The van der Waals surface area contributed by atoms with E-state index < -0.39 is 0 Å². The molecule has 4 rings (SSSR count). The average Bonchev–Trinajstić information content (AvgIpc) is 2.90. The zero-order valence-corrected chi connectivity index (χ0v) is 9.19. The molecular weight excluding hydrogens is 189 g/mol. The van der Waals surface area contributed by atoms with Crippen LogP contribution in [0, 0.1) is 5.92 Å². The van der Waals surface area contributed by atoms with E-state index in [1.165, 1.54) is 31.4 Å². The molecule has 0 N–H and O–H groups in total. The minimum atomic E-state index is 0.257. The van der Waals surface area contributed by atoms with Crippen molar-refractivity contribution in [3.05, 3.63) is 0 Å². The Labute approximate surface area is 90.6 Å². The van der Waals surface area contributed by atoms with Crippen LogP contribution < -0.4 is 0 Å². The van der Waals surface area contributed by atoms with Gasteiger partial charge in [0.1, 0.15) is 11.8 Å². The Morgan fingerprint density at radius 1 is 1.33 bits per heavy atom. The van der Waals surface area contributed by atoms with Gasteiger partial charge >= 0.3 is 7.05 Å². The van der Waals surface area contributed by atoms with Crippen molar-refractivity contribution in [3.8, 4) is 0 Å². The number of ether oxygens (including phenoxy) is 1. The van der Waals surface area contributed by atoms with E-state index in [1.807, 2.05) is 0 Å². The van der Waals surface area contributed by atoms with Gasteiger partial charge in [0.25, 0.3) is 0 Å². The summed E-state index contributed by atoms with van der Waals surface area (Å²) in [5, 5.41) is 0. The molecule has 1 aliphatic carbocycles. The zero-order valence-electron chi connectivity index (χ0n) is 9.19. The summed E-state index contributed by atoms with van der Waals surface area (Å²) in [6, 6.07) is 1.01. The minimum Gasteiger partial charge on any atom is -0.374 e. The molecule has 0 aromatic rings. The van der Waals surface area contributed by atoms with Gasteiger partial charge in [-0.15, -0.1) is 0 Å². The van der Waals surface area contributed by atoms with Crippen LogP contribution in [0.5, 0.6) is 0 Å². The van der Waals surface area contributed by atoms with Crippen molar-refractivity contribution in [2.24, 2.45) is 5.92 Å². The molecule has 3 nitrogen and oxygen atoms in total. The zero-order chi connectivity index (χ0) is 9.99. The van der Waals surface area contributed by atoms with Crippen LogP contribution in [0.15, 0.2) is 0 Å². The van der Waals surface area contributed by atoms with E-state index in [-0.39, 0.29) is 7.05 Å². The van der Waals surface area contributed by atoms with Gasteiger partial charge in [-0.1, -0.05) is 0 Å². The van der Waals surface area contributed by atoms with Crippen LogP contribution in [-0.4, -0.2) is 42.0 Å². The maximum atomic E-state index is 6.17. The van der Waals surface area contributed by atoms with Crippen molar-refractivity contribution in [3.63, 3.8) is 0 Å². The number of rotatable bonds is 0. The van der Waals surface area contributed by atoms with Crippen molar-refractivity contribution in [2.75, 3.05) is 6.61 Å². The van der Waals surface area contributed by atoms with Gasteiger partial charge in [0.2, 0.25) is 0 Å². The Balaban J connectivity index is 1.77. The molecular formula is C11H17BNO2+. The molecule has 0 spiro atoms. The Kier molecular flexibility index (Phi) is 1.67. The fraction of sp³-hybridized carbons (Fsp3) is 0.909. The number of nitrogens with zero attached hydrogens (tertiary/aromatic N) is 1. The first kappa shape index (κ1) is 8.77. The van der Waals surface area contributed by atoms with E-state index in [0.717, 1.165) is 6.61 Å². The quantitative estimate of drug-likeness (QED) is 0.548. The van der Waals surface area contributed by atoms with Gasteiger partial charge in [-0.25, -0.2) is 0 Å². The average molecular weight is 206 g/mol. The van der Waals surface area contributed by atoms with Gasteiger partial charge < -0.3 is 9.39 Å². The summed E-state index contributed by atoms with van der Waals surface area (Å²) in [5.41, 5.74) is 1.54. The summed E-state index contributed by atoms with van der Waals surface area (Å²) >= 11 is 0. The largest absolute Gasteiger partial charge is 0.686 e. The first-order valence-corrected chi connectivity index (χ1v) is 6.25. The van der Waals surface area contributed by atoms with E-state index in [9.17, 15) is 0 Å². The third-order valence-corrected chi connectivity index (χ3v) is 4.72. The fourth-order valence-electron chi connectivity index (χ4n) is 4.05. The van der Waals surface area contributed by atoms with Gasteiger partial charge in [0.15, 0.2) is 12.0 Å². The third-order valence-electron chi connectivity index (χ3n) is 4.72. The van der Waals surface area contributed by atoms with Crippen LogP contribution >= 0.6 is 0 Å². The van der Waals surface area contributed by atoms with Crippen molar-refractivity contribution in [1.29, 1.82) is 0 Å². The third kappa shape index (κ3) is 0.973. The Morgan fingerprint density at radius 2 is 2.27 bits per heavy atom. The second-order valence-corrected chi connectivity index (χ2v) is 5.34. The maximum absolute atomic E-state index is 6.17. The highest BCUT2D eigenvalue weighted by Gasteiger charge is 2.67. The van der Waals surface area contributed by atoms with Crippen LogP contribution in [0.2, 0.25) is 0 Å². The number of hydrogen-bond acceptors (Lipinski definition) is 2. The monoisotopic (exact) mass is 206 g/mol. The van der Waals surface area contributed by atoms with Crippen LogP contribution in [0.4, 0.5) is 0 Å². The molecule has 0 bridgehead atoms. The van der Waals surface area contributed by atoms with Gasteiger partial charge in [-0.3, -0.25) is 4.49 Å². The predicted octanol–water partition coefficient (Wildman–Crippen LogP) is 0.857. The van der Waals surface area contributed by atoms with Gasteiger partial charge in [-0.05, 0) is 19.3 Å². The van der Waals surface area contributed by atoms with Crippen molar-refractivity contribution >= 4 is 12.8 Å². The molecule has 2 saturated heterocycles. The summed E-state index contributed by atoms with van der Waals surface area (Å²) in [5.74, 6) is 0.650. The number of fused-ring (bicyclic) bond motifs is 5. The van der Waals surface area contributed by atoms with Crippen LogP contribution in [-0.2, 0) is 9.39 Å². The molecule has 80 valence electrons. The highest BCUT2D eigenvalue weighted by Crippen LogP contribution is 2.40. The molecule has 2 unspecified atom stereocenters. The molecule has 4 aliphatic rings. The lowest BCUT2D eigenvalue weighted by Gasteiger charge is -2.08. The highest BCUT2D eigenvalue weighted by molar-refractivity contribution is 6.48. The predicted molar refractivity (Wildman–Crippen MR) is 57.1 cm³/mol. The molecule has 4 heteroatoms. The molecule has 3 aliphatic heterocycles. The van der Waals surface area contributed by atoms with Gasteiger partial charge in [-0.2, -0.15) is 0 Å².